The van der Waals surface area contributed by atoms with E-state index in [0.717, 1.165) is 16.7 Å². The van der Waals surface area contributed by atoms with Crippen molar-refractivity contribution in [1.82, 2.24) is 4.31 Å². The zero-order chi connectivity index (χ0) is 15.5. The number of rotatable bonds is 6. The average molecular weight is 300 g/mol. The van der Waals surface area contributed by atoms with E-state index < -0.39 is 10.0 Å². The number of hydrogen-bond acceptors (Lipinski definition) is 4. The van der Waals surface area contributed by atoms with Gasteiger partial charge in [0.15, 0.2) is 0 Å². The summed E-state index contributed by atoms with van der Waals surface area (Å²) in [5.41, 5.74) is 8.15. The van der Waals surface area contributed by atoms with Gasteiger partial charge in [0.25, 0.3) is 0 Å². The summed E-state index contributed by atoms with van der Waals surface area (Å²) in [6, 6.07) is 3.35. The van der Waals surface area contributed by atoms with Crippen LogP contribution >= 0.6 is 0 Å². The minimum absolute atomic E-state index is 0.230. The van der Waals surface area contributed by atoms with Gasteiger partial charge in [0, 0.05) is 26.7 Å². The van der Waals surface area contributed by atoms with Gasteiger partial charge in [-0.2, -0.15) is 4.31 Å². The van der Waals surface area contributed by atoms with Crippen molar-refractivity contribution in [2.24, 2.45) is 5.73 Å². The number of hydrogen-bond donors (Lipinski definition) is 1. The van der Waals surface area contributed by atoms with Crippen LogP contribution in [0.1, 0.15) is 23.6 Å². The Morgan fingerprint density at radius 3 is 2.45 bits per heavy atom. The molecule has 0 fully saturated rings. The molecule has 0 spiro atoms. The third-order valence-electron chi connectivity index (χ3n) is 3.60. The summed E-state index contributed by atoms with van der Waals surface area (Å²) in [5.74, 6) is 0. The van der Waals surface area contributed by atoms with Crippen LogP contribution in [0.3, 0.4) is 0 Å². The lowest BCUT2D eigenvalue weighted by molar-refractivity contribution is 0.149. The van der Waals surface area contributed by atoms with Crippen molar-refractivity contribution in [2.45, 2.75) is 38.3 Å². The fourth-order valence-electron chi connectivity index (χ4n) is 2.02. The van der Waals surface area contributed by atoms with Crippen LogP contribution in [0.2, 0.25) is 0 Å². The van der Waals surface area contributed by atoms with Crippen LogP contribution < -0.4 is 5.73 Å². The Hall–Kier alpha value is -0.950. The number of ether oxygens (including phenoxy) is 1. The Balaban J connectivity index is 3.31. The fourth-order valence-corrected chi connectivity index (χ4v) is 3.72. The second-order valence-electron chi connectivity index (χ2n) is 5.07. The highest BCUT2D eigenvalue weighted by Crippen LogP contribution is 2.24. The van der Waals surface area contributed by atoms with Crippen LogP contribution in [-0.4, -0.2) is 39.5 Å². The summed E-state index contributed by atoms with van der Waals surface area (Å²) < 4.78 is 31.8. The maximum Gasteiger partial charge on any atom is 0.243 e. The number of sulfonamides is 1. The Labute approximate surface area is 121 Å². The number of aryl methyl sites for hydroxylation is 1. The van der Waals surface area contributed by atoms with Crippen molar-refractivity contribution < 1.29 is 13.2 Å². The molecular weight excluding hydrogens is 276 g/mol. The summed E-state index contributed by atoms with van der Waals surface area (Å²) in [4.78, 5) is 0.323. The largest absolute Gasteiger partial charge is 0.383 e. The van der Waals surface area contributed by atoms with Crippen LogP contribution in [0.25, 0.3) is 0 Å². The zero-order valence-corrected chi connectivity index (χ0v) is 13.6. The van der Waals surface area contributed by atoms with Gasteiger partial charge >= 0.3 is 0 Å². The monoisotopic (exact) mass is 300 g/mol. The normalized spacial score (nSPS) is 13.8. The summed E-state index contributed by atoms with van der Waals surface area (Å²) >= 11 is 0. The highest BCUT2D eigenvalue weighted by molar-refractivity contribution is 7.89. The lowest BCUT2D eigenvalue weighted by Crippen LogP contribution is -2.38. The van der Waals surface area contributed by atoms with E-state index >= 15 is 0 Å². The first-order valence-corrected chi connectivity index (χ1v) is 7.96. The predicted molar refractivity (Wildman–Crippen MR) is 80.1 cm³/mol. The maximum atomic E-state index is 12.7. The van der Waals surface area contributed by atoms with Gasteiger partial charge < -0.3 is 10.5 Å². The molecule has 1 unspecified atom stereocenters. The fraction of sp³-hybridized carbons (Fsp3) is 0.571. The lowest BCUT2D eigenvalue weighted by atomic mass is 10.1. The molecule has 0 heterocycles. The lowest BCUT2D eigenvalue weighted by Gasteiger charge is -2.25. The number of benzene rings is 1. The summed E-state index contributed by atoms with van der Waals surface area (Å²) in [6.45, 7) is 6.20. The molecule has 1 aromatic rings. The molecule has 0 saturated heterocycles. The van der Waals surface area contributed by atoms with Gasteiger partial charge in [0.05, 0.1) is 11.5 Å². The van der Waals surface area contributed by atoms with Crippen LogP contribution in [-0.2, 0) is 21.3 Å². The van der Waals surface area contributed by atoms with Crippen molar-refractivity contribution in [1.29, 1.82) is 0 Å². The number of methoxy groups -OCH3 is 1. The van der Waals surface area contributed by atoms with Crippen LogP contribution in [0.4, 0.5) is 0 Å². The zero-order valence-electron chi connectivity index (χ0n) is 12.8. The molecule has 0 aliphatic rings. The molecule has 1 rings (SSSR count). The second kappa shape index (κ2) is 6.67. The third kappa shape index (κ3) is 3.38. The van der Waals surface area contributed by atoms with Gasteiger partial charge in [-0.05, 0) is 43.5 Å². The molecule has 0 aliphatic carbocycles. The molecule has 6 heteroatoms. The van der Waals surface area contributed by atoms with E-state index in [4.69, 9.17) is 10.5 Å². The highest BCUT2D eigenvalue weighted by atomic mass is 32.2. The van der Waals surface area contributed by atoms with E-state index in [0.29, 0.717) is 18.0 Å². The SMILES string of the molecule is COCC(C)N(C)S(=O)(=O)c1cc(CN)cc(C)c1C. The smallest absolute Gasteiger partial charge is 0.243 e. The standard InChI is InChI=1S/C14H24N2O3S/c1-10-6-13(8-15)7-14(12(10)3)20(17,18)16(4)11(2)9-19-5/h6-7,11H,8-9,15H2,1-5H3. The second-order valence-corrected chi connectivity index (χ2v) is 7.03. The van der Waals surface area contributed by atoms with E-state index in [1.165, 1.54) is 4.31 Å². The summed E-state index contributed by atoms with van der Waals surface area (Å²) in [5, 5.41) is 0. The summed E-state index contributed by atoms with van der Waals surface area (Å²) in [6.07, 6.45) is 0. The van der Waals surface area contributed by atoms with Crippen molar-refractivity contribution in [3.05, 3.63) is 28.8 Å². The minimum atomic E-state index is -3.55. The molecule has 0 saturated carbocycles. The minimum Gasteiger partial charge on any atom is -0.383 e. The Morgan fingerprint density at radius 2 is 1.95 bits per heavy atom. The first-order valence-electron chi connectivity index (χ1n) is 6.52. The number of likely N-dealkylation sites (N-methyl/N-ethyl adjacent to an activating group) is 1. The molecular formula is C14H24N2O3S. The molecule has 0 radical (unpaired) electrons. The van der Waals surface area contributed by atoms with Gasteiger partial charge in [-0.15, -0.1) is 0 Å². The van der Waals surface area contributed by atoms with E-state index in [1.54, 1.807) is 20.2 Å². The molecule has 114 valence electrons. The molecule has 0 bridgehead atoms. The van der Waals surface area contributed by atoms with Gasteiger partial charge in [0.1, 0.15) is 0 Å². The van der Waals surface area contributed by atoms with Crippen LogP contribution in [0.15, 0.2) is 17.0 Å². The van der Waals surface area contributed by atoms with Crippen LogP contribution in [0, 0.1) is 13.8 Å². The Kier molecular flexibility index (Phi) is 5.70. The topological polar surface area (TPSA) is 72.6 Å². The third-order valence-corrected chi connectivity index (χ3v) is 5.70. The molecule has 2 N–H and O–H groups in total. The highest BCUT2D eigenvalue weighted by Gasteiger charge is 2.27. The van der Waals surface area contributed by atoms with Crippen molar-refractivity contribution >= 4 is 10.0 Å². The van der Waals surface area contributed by atoms with E-state index in [-0.39, 0.29) is 6.04 Å². The predicted octanol–water partition coefficient (Wildman–Crippen LogP) is 1.42. The molecule has 0 amide bonds. The molecule has 0 aliphatic heterocycles. The van der Waals surface area contributed by atoms with E-state index in [9.17, 15) is 8.42 Å². The van der Waals surface area contributed by atoms with Crippen molar-refractivity contribution in [3.63, 3.8) is 0 Å². The Morgan fingerprint density at radius 1 is 1.35 bits per heavy atom. The van der Waals surface area contributed by atoms with Gasteiger partial charge in [-0.25, -0.2) is 8.42 Å². The quantitative estimate of drug-likeness (QED) is 0.862. The van der Waals surface area contributed by atoms with Crippen LogP contribution in [0.5, 0.6) is 0 Å². The number of nitrogens with zero attached hydrogens (tertiary/aromatic N) is 1. The molecule has 1 atom stereocenters. The maximum absolute atomic E-state index is 12.7. The Bertz CT molecular complexity index is 570. The average Bonchev–Trinajstić information content (AvgIpc) is 2.40. The number of nitrogens with two attached hydrogens (primary N) is 1. The van der Waals surface area contributed by atoms with E-state index in [1.807, 2.05) is 26.8 Å². The molecule has 0 aromatic heterocycles. The van der Waals surface area contributed by atoms with Gasteiger partial charge in [-0.1, -0.05) is 6.07 Å². The summed E-state index contributed by atoms with van der Waals surface area (Å²) in [7, 11) is -0.419. The molecule has 20 heavy (non-hydrogen) atoms. The van der Waals surface area contributed by atoms with E-state index in [2.05, 4.69) is 0 Å². The first-order chi connectivity index (χ1) is 9.25. The molecule has 5 nitrogen and oxygen atoms in total. The van der Waals surface area contributed by atoms with Crippen molar-refractivity contribution in [3.8, 4) is 0 Å². The van der Waals surface area contributed by atoms with Gasteiger partial charge in [0.2, 0.25) is 10.0 Å². The van der Waals surface area contributed by atoms with Crippen molar-refractivity contribution in [2.75, 3.05) is 20.8 Å². The molecule has 1 aromatic carbocycles. The van der Waals surface area contributed by atoms with Gasteiger partial charge in [-0.3, -0.25) is 0 Å². The first kappa shape index (κ1) is 17.1.